The van der Waals surface area contributed by atoms with Gasteiger partial charge in [0.2, 0.25) is 0 Å². The van der Waals surface area contributed by atoms with Crippen LogP contribution < -0.4 is 10.2 Å². The molecule has 2 aromatic rings. The lowest BCUT2D eigenvalue weighted by Crippen LogP contribution is -2.87. The van der Waals surface area contributed by atoms with E-state index in [0.29, 0.717) is 6.54 Å². The smallest absolute Gasteiger partial charge is 0.277 e. The highest BCUT2D eigenvalue weighted by molar-refractivity contribution is 6.31. The standard InChI is InChI=1S/C20H24ClN3O/c1-16(18-9-5-6-10-19(18)21)22-15-20(25)24-13-11-23(12-14-24)17-7-3-2-4-8-17/h2-10,16,22H,11-15H2,1H3/p+1/t16-/m0/s1. The fourth-order valence-electron chi connectivity index (χ4n) is 3.23. The van der Waals surface area contributed by atoms with E-state index in [2.05, 4.69) is 41.4 Å². The van der Waals surface area contributed by atoms with Crippen molar-refractivity contribution in [3.05, 3.63) is 65.2 Å². The minimum atomic E-state index is 0.170. The molecule has 1 saturated heterocycles. The molecule has 4 nitrogen and oxygen atoms in total. The topological polar surface area (TPSA) is 40.2 Å². The van der Waals surface area contributed by atoms with Gasteiger partial charge in [0.15, 0.2) is 6.54 Å². The molecule has 1 amide bonds. The molecule has 132 valence electrons. The molecule has 0 bridgehead atoms. The van der Waals surface area contributed by atoms with Gasteiger partial charge in [0.05, 0.1) is 0 Å². The lowest BCUT2D eigenvalue weighted by molar-refractivity contribution is -0.683. The first-order valence-electron chi connectivity index (χ1n) is 8.80. The normalized spacial score (nSPS) is 15.9. The van der Waals surface area contributed by atoms with E-state index in [1.165, 1.54) is 5.69 Å². The first kappa shape index (κ1) is 17.8. The van der Waals surface area contributed by atoms with Crippen LogP contribution in [0.1, 0.15) is 18.5 Å². The number of carbonyl (C=O) groups is 1. The van der Waals surface area contributed by atoms with Crippen LogP contribution in [0.4, 0.5) is 5.69 Å². The largest absolute Gasteiger partial charge is 0.368 e. The summed E-state index contributed by atoms with van der Waals surface area (Å²) >= 11 is 6.24. The SMILES string of the molecule is C[C@H]([NH2+]CC(=O)N1CCN(c2ccccc2)CC1)c1ccccc1Cl. The zero-order valence-corrected chi connectivity index (χ0v) is 15.3. The number of anilines is 1. The zero-order valence-electron chi connectivity index (χ0n) is 14.6. The van der Waals surface area contributed by atoms with Gasteiger partial charge in [0, 0.05) is 42.5 Å². The number of nitrogens with zero attached hydrogens (tertiary/aromatic N) is 2. The monoisotopic (exact) mass is 358 g/mol. The number of piperazine rings is 1. The highest BCUT2D eigenvalue weighted by Crippen LogP contribution is 2.19. The number of amides is 1. The Morgan fingerprint density at radius 3 is 2.36 bits per heavy atom. The van der Waals surface area contributed by atoms with Crippen molar-refractivity contribution in [2.24, 2.45) is 0 Å². The first-order chi connectivity index (χ1) is 12.1. The van der Waals surface area contributed by atoms with Crippen LogP contribution >= 0.6 is 11.6 Å². The van der Waals surface area contributed by atoms with Crippen molar-refractivity contribution in [2.45, 2.75) is 13.0 Å². The molecule has 25 heavy (non-hydrogen) atoms. The summed E-state index contributed by atoms with van der Waals surface area (Å²) in [6, 6.07) is 18.4. The fraction of sp³-hybridized carbons (Fsp3) is 0.350. The number of para-hydroxylation sites is 1. The van der Waals surface area contributed by atoms with E-state index >= 15 is 0 Å². The van der Waals surface area contributed by atoms with E-state index in [-0.39, 0.29) is 11.9 Å². The summed E-state index contributed by atoms with van der Waals surface area (Å²) in [5.74, 6) is 0.201. The number of halogens is 1. The van der Waals surface area contributed by atoms with Gasteiger partial charge >= 0.3 is 0 Å². The predicted octanol–water partition coefficient (Wildman–Crippen LogP) is 2.31. The Bertz CT molecular complexity index is 699. The summed E-state index contributed by atoms with van der Waals surface area (Å²) in [6.07, 6.45) is 0. The van der Waals surface area contributed by atoms with E-state index < -0.39 is 0 Å². The number of nitrogens with two attached hydrogens (primary N) is 1. The van der Waals surface area contributed by atoms with Gasteiger partial charge in [-0.2, -0.15) is 0 Å². The van der Waals surface area contributed by atoms with Gasteiger partial charge in [0.25, 0.3) is 5.91 Å². The van der Waals surface area contributed by atoms with Crippen molar-refractivity contribution in [2.75, 3.05) is 37.6 Å². The maximum atomic E-state index is 12.5. The third kappa shape index (κ3) is 4.53. The molecular weight excluding hydrogens is 334 g/mol. The summed E-state index contributed by atoms with van der Waals surface area (Å²) in [5.41, 5.74) is 2.30. The number of benzene rings is 2. The molecule has 1 aliphatic heterocycles. The molecular formula is C20H25ClN3O+. The van der Waals surface area contributed by atoms with Crippen molar-refractivity contribution < 1.29 is 10.1 Å². The lowest BCUT2D eigenvalue weighted by atomic mass is 10.1. The summed E-state index contributed by atoms with van der Waals surface area (Å²) in [5, 5.41) is 2.82. The van der Waals surface area contributed by atoms with Crippen molar-refractivity contribution in [1.82, 2.24) is 4.90 Å². The Morgan fingerprint density at radius 2 is 1.68 bits per heavy atom. The average molecular weight is 359 g/mol. The van der Waals surface area contributed by atoms with Crippen LogP contribution in [-0.2, 0) is 4.79 Å². The molecule has 1 fully saturated rings. The second-order valence-corrected chi connectivity index (χ2v) is 6.86. The van der Waals surface area contributed by atoms with E-state index in [1.807, 2.05) is 35.2 Å². The Morgan fingerprint density at radius 1 is 1.04 bits per heavy atom. The second kappa shape index (κ2) is 8.37. The Hall–Kier alpha value is -2.04. The van der Waals surface area contributed by atoms with Gasteiger partial charge in [-0.15, -0.1) is 0 Å². The molecule has 3 rings (SSSR count). The third-order valence-electron chi connectivity index (χ3n) is 4.80. The molecule has 0 spiro atoms. The van der Waals surface area contributed by atoms with Gasteiger partial charge in [-0.25, -0.2) is 0 Å². The number of quaternary nitrogens is 1. The number of hydrogen-bond donors (Lipinski definition) is 1. The van der Waals surface area contributed by atoms with Gasteiger partial charge in [-0.1, -0.05) is 48.0 Å². The van der Waals surface area contributed by atoms with E-state index in [4.69, 9.17) is 11.6 Å². The van der Waals surface area contributed by atoms with Gasteiger partial charge in [-0.3, -0.25) is 4.79 Å². The third-order valence-corrected chi connectivity index (χ3v) is 5.14. The molecule has 0 saturated carbocycles. The maximum absolute atomic E-state index is 12.5. The predicted molar refractivity (Wildman–Crippen MR) is 102 cm³/mol. The average Bonchev–Trinajstić information content (AvgIpc) is 2.67. The Labute approximate surface area is 154 Å². The highest BCUT2D eigenvalue weighted by atomic mass is 35.5. The van der Waals surface area contributed by atoms with Crippen LogP contribution in [0, 0.1) is 0 Å². The fourth-order valence-corrected chi connectivity index (χ4v) is 3.54. The molecule has 1 heterocycles. The molecule has 2 aromatic carbocycles. The van der Waals surface area contributed by atoms with E-state index in [0.717, 1.165) is 36.8 Å². The summed E-state index contributed by atoms with van der Waals surface area (Å²) < 4.78 is 0. The van der Waals surface area contributed by atoms with Crippen LogP contribution in [0.5, 0.6) is 0 Å². The first-order valence-corrected chi connectivity index (χ1v) is 9.18. The molecule has 1 atom stereocenters. The van der Waals surface area contributed by atoms with Crippen molar-refractivity contribution in [1.29, 1.82) is 0 Å². The number of carbonyl (C=O) groups excluding carboxylic acids is 1. The quantitative estimate of drug-likeness (QED) is 0.891. The molecule has 2 N–H and O–H groups in total. The summed E-state index contributed by atoms with van der Waals surface area (Å²) in [7, 11) is 0. The van der Waals surface area contributed by atoms with Crippen LogP contribution in [0.2, 0.25) is 5.02 Å². The number of rotatable bonds is 5. The Balaban J connectivity index is 1.47. The molecule has 0 unspecified atom stereocenters. The van der Waals surface area contributed by atoms with Crippen LogP contribution in [0.15, 0.2) is 54.6 Å². The molecule has 1 aliphatic rings. The minimum Gasteiger partial charge on any atom is -0.368 e. The van der Waals surface area contributed by atoms with Crippen molar-refractivity contribution in [3.63, 3.8) is 0 Å². The van der Waals surface area contributed by atoms with Crippen molar-refractivity contribution in [3.8, 4) is 0 Å². The Kier molecular flexibility index (Phi) is 5.95. The number of hydrogen-bond acceptors (Lipinski definition) is 2. The van der Waals surface area contributed by atoms with Gasteiger partial charge in [-0.05, 0) is 25.1 Å². The molecule has 5 heteroatoms. The summed E-state index contributed by atoms with van der Waals surface area (Å²) in [4.78, 5) is 16.8. The van der Waals surface area contributed by atoms with E-state index in [9.17, 15) is 4.79 Å². The van der Waals surface area contributed by atoms with Crippen LogP contribution in [0.3, 0.4) is 0 Å². The van der Waals surface area contributed by atoms with Gasteiger partial charge in [0.1, 0.15) is 6.04 Å². The van der Waals surface area contributed by atoms with Gasteiger partial charge < -0.3 is 15.1 Å². The van der Waals surface area contributed by atoms with Crippen LogP contribution in [0.25, 0.3) is 0 Å². The summed E-state index contributed by atoms with van der Waals surface area (Å²) in [6.45, 7) is 5.87. The molecule has 0 aliphatic carbocycles. The second-order valence-electron chi connectivity index (χ2n) is 6.45. The zero-order chi connectivity index (χ0) is 17.6. The highest BCUT2D eigenvalue weighted by Gasteiger charge is 2.23. The molecule has 0 aromatic heterocycles. The lowest BCUT2D eigenvalue weighted by Gasteiger charge is -2.35. The van der Waals surface area contributed by atoms with E-state index in [1.54, 1.807) is 0 Å². The molecule has 0 radical (unpaired) electrons. The maximum Gasteiger partial charge on any atom is 0.277 e. The van der Waals surface area contributed by atoms with Crippen molar-refractivity contribution >= 4 is 23.2 Å². The van der Waals surface area contributed by atoms with Crippen LogP contribution in [-0.4, -0.2) is 43.5 Å². The minimum absolute atomic E-state index is 0.170.